The van der Waals surface area contributed by atoms with Gasteiger partial charge in [-0.3, -0.25) is 0 Å². The van der Waals surface area contributed by atoms with Crippen molar-refractivity contribution in [1.82, 2.24) is 0 Å². The Morgan fingerprint density at radius 1 is 1.20 bits per heavy atom. The summed E-state index contributed by atoms with van der Waals surface area (Å²) < 4.78 is 5.17. The fourth-order valence-electron chi connectivity index (χ4n) is 0.613. The average molecular weight is 150 g/mol. The van der Waals surface area contributed by atoms with Crippen LogP contribution in [0.5, 0.6) is 5.75 Å². The Morgan fingerprint density at radius 3 is 2.30 bits per heavy atom. The summed E-state index contributed by atoms with van der Waals surface area (Å²) in [4.78, 5) is 0. The number of hydrogen-bond donors (Lipinski definition) is 0. The van der Waals surface area contributed by atoms with E-state index in [0.29, 0.717) is 5.47 Å². The molecule has 0 amide bonds. The van der Waals surface area contributed by atoms with Gasteiger partial charge in [0.15, 0.2) is 0 Å². The summed E-state index contributed by atoms with van der Waals surface area (Å²) in [6.07, 6.45) is 0. The number of rotatable bonds is 2. The minimum absolute atomic E-state index is 0. The third-order valence-electron chi connectivity index (χ3n) is 0.993. The van der Waals surface area contributed by atoms with E-state index < -0.39 is 0 Å². The largest absolute Gasteiger partial charge is 2.00 e. The van der Waals surface area contributed by atoms with E-state index in [2.05, 4.69) is 16.3 Å². The first-order valence-corrected chi connectivity index (χ1v) is 3.63. The minimum atomic E-state index is 0. The van der Waals surface area contributed by atoms with E-state index in [9.17, 15) is 0 Å². The van der Waals surface area contributed by atoms with Crippen molar-refractivity contribution in [3.05, 3.63) is 30.3 Å². The molecule has 0 fully saturated rings. The standard InChI is InChI=1S/C7H7O.Al.O/c1-8-7-5-3-2-4-6-7;;/h2-6H,1H2;;/q;+2;-2. The van der Waals surface area contributed by atoms with Gasteiger partial charge in [0.25, 0.3) is 0 Å². The molecule has 1 aromatic carbocycles. The van der Waals surface area contributed by atoms with Gasteiger partial charge in [0.2, 0.25) is 0 Å². The van der Waals surface area contributed by atoms with Gasteiger partial charge >= 0.3 is 62.6 Å². The summed E-state index contributed by atoms with van der Waals surface area (Å²) in [6, 6.07) is 9.75. The van der Waals surface area contributed by atoms with Gasteiger partial charge in [0, 0.05) is 0 Å². The Kier molecular flexibility index (Phi) is 5.05. The van der Waals surface area contributed by atoms with Gasteiger partial charge in [0.05, 0.1) is 0 Å². The second-order valence-corrected chi connectivity index (χ2v) is 1.96. The third-order valence-corrected chi connectivity index (χ3v) is 1.16. The predicted molar refractivity (Wildman–Crippen MR) is 38.4 cm³/mol. The SMILES string of the molecule is [Al+2][CH2]Oc1ccccc1.[O-2]. The van der Waals surface area contributed by atoms with E-state index in [1.807, 2.05) is 30.3 Å². The molecule has 2 nitrogen and oxygen atoms in total. The van der Waals surface area contributed by atoms with Gasteiger partial charge in [-0.1, -0.05) is 0 Å². The maximum atomic E-state index is 5.17. The summed E-state index contributed by atoms with van der Waals surface area (Å²) >= 11 is 2.51. The van der Waals surface area contributed by atoms with Gasteiger partial charge in [-0.25, -0.2) is 0 Å². The Morgan fingerprint density at radius 2 is 1.80 bits per heavy atom. The first-order valence-electron chi connectivity index (χ1n) is 2.81. The Bertz CT molecular complexity index is 165. The predicted octanol–water partition coefficient (Wildman–Crippen LogP) is 1.07. The summed E-state index contributed by atoms with van der Waals surface area (Å²) in [5.74, 6) is 0.924. The molecule has 0 aliphatic rings. The zero-order valence-electron chi connectivity index (χ0n) is 5.49. The first-order chi connectivity index (χ1) is 4.43. The molecule has 0 atom stereocenters. The molecule has 50 valence electrons. The fourth-order valence-corrected chi connectivity index (χ4v) is 0.805. The second-order valence-electron chi connectivity index (χ2n) is 1.62. The van der Waals surface area contributed by atoms with Crippen LogP contribution in [0.2, 0.25) is 0 Å². The van der Waals surface area contributed by atoms with Crippen LogP contribution in [-0.4, -0.2) is 21.8 Å². The fraction of sp³-hybridized carbons (Fsp3) is 0.143. The van der Waals surface area contributed by atoms with E-state index in [-0.39, 0.29) is 5.48 Å². The minimum Gasteiger partial charge on any atom is -2.00 e. The maximum absolute atomic E-state index is 5.17. The van der Waals surface area contributed by atoms with Crippen molar-refractivity contribution in [2.24, 2.45) is 0 Å². The molecule has 0 saturated carbocycles. The molecule has 0 radical (unpaired) electrons. The normalized spacial score (nSPS) is 8.20. The smallest absolute Gasteiger partial charge is 2.00 e. The monoisotopic (exact) mass is 150 g/mol. The zero-order chi connectivity index (χ0) is 6.53. The molecule has 0 N–H and O–H groups in total. The molecule has 0 heterocycles. The van der Waals surface area contributed by atoms with Crippen LogP contribution >= 0.6 is 0 Å². The first kappa shape index (κ1) is 9.51. The van der Waals surface area contributed by atoms with Crippen LogP contribution in [0.1, 0.15) is 0 Å². The number of hydrogen-bond acceptors (Lipinski definition) is 1. The summed E-state index contributed by atoms with van der Waals surface area (Å²) in [5, 5.41) is 0. The number of para-hydroxylation sites is 1. The molecule has 0 unspecified atom stereocenters. The van der Waals surface area contributed by atoms with Crippen LogP contribution in [0.25, 0.3) is 0 Å². The summed E-state index contributed by atoms with van der Waals surface area (Å²) in [5.41, 5.74) is 0.657. The Labute approximate surface area is 68.6 Å². The molecular weight excluding hydrogens is 143 g/mol. The number of ether oxygens (including phenoxy) is 1. The van der Waals surface area contributed by atoms with Crippen molar-refractivity contribution in [1.29, 1.82) is 0 Å². The molecule has 0 spiro atoms. The van der Waals surface area contributed by atoms with E-state index in [1.165, 1.54) is 0 Å². The van der Waals surface area contributed by atoms with Gasteiger partial charge in [-0.15, -0.1) is 0 Å². The van der Waals surface area contributed by atoms with Gasteiger partial charge in [-0.2, -0.15) is 0 Å². The molecule has 0 aliphatic heterocycles. The van der Waals surface area contributed by atoms with Crippen LogP contribution in [0.15, 0.2) is 30.3 Å². The third kappa shape index (κ3) is 2.88. The Hall–Kier alpha value is -0.488. The van der Waals surface area contributed by atoms with Crippen molar-refractivity contribution >= 4 is 16.3 Å². The molecule has 0 bridgehead atoms. The van der Waals surface area contributed by atoms with Crippen LogP contribution in [0, 0.1) is 0 Å². The van der Waals surface area contributed by atoms with Crippen molar-refractivity contribution in [2.75, 3.05) is 5.47 Å². The molecule has 0 saturated heterocycles. The van der Waals surface area contributed by atoms with Gasteiger partial charge < -0.3 is 5.48 Å². The molecule has 0 aliphatic carbocycles. The molecule has 10 heavy (non-hydrogen) atoms. The molecule has 1 rings (SSSR count). The summed E-state index contributed by atoms with van der Waals surface area (Å²) in [6.45, 7) is 0. The van der Waals surface area contributed by atoms with E-state index in [4.69, 9.17) is 4.74 Å². The maximum Gasteiger partial charge on any atom is -2.00 e. The van der Waals surface area contributed by atoms with Crippen LogP contribution < -0.4 is 4.74 Å². The van der Waals surface area contributed by atoms with Crippen LogP contribution in [0.3, 0.4) is 0 Å². The molecular formula is C7H7AlO2. The zero-order valence-corrected chi connectivity index (χ0v) is 6.64. The summed E-state index contributed by atoms with van der Waals surface area (Å²) in [7, 11) is 0. The second kappa shape index (κ2) is 5.31. The van der Waals surface area contributed by atoms with Crippen molar-refractivity contribution < 1.29 is 10.2 Å². The molecule has 3 heteroatoms. The van der Waals surface area contributed by atoms with Gasteiger partial charge in [-0.05, 0) is 0 Å². The van der Waals surface area contributed by atoms with E-state index in [0.717, 1.165) is 5.75 Å². The van der Waals surface area contributed by atoms with E-state index >= 15 is 0 Å². The van der Waals surface area contributed by atoms with Crippen molar-refractivity contribution in [3.8, 4) is 5.75 Å². The van der Waals surface area contributed by atoms with Crippen molar-refractivity contribution in [3.63, 3.8) is 0 Å². The van der Waals surface area contributed by atoms with Crippen LogP contribution in [-0.2, 0) is 5.48 Å². The molecule has 0 aromatic heterocycles. The molecule has 1 aromatic rings. The van der Waals surface area contributed by atoms with Gasteiger partial charge in [0.1, 0.15) is 0 Å². The number of benzene rings is 1. The Balaban J connectivity index is 0.000000810. The topological polar surface area (TPSA) is 37.7 Å². The van der Waals surface area contributed by atoms with E-state index in [1.54, 1.807) is 0 Å². The van der Waals surface area contributed by atoms with Crippen molar-refractivity contribution in [2.45, 2.75) is 0 Å². The average Bonchev–Trinajstić information content (AvgIpc) is 1.91. The quantitative estimate of drug-likeness (QED) is 0.581. The van der Waals surface area contributed by atoms with Crippen LogP contribution in [0.4, 0.5) is 0 Å².